The van der Waals surface area contributed by atoms with Crippen LogP contribution in [0, 0.1) is 12.8 Å². The van der Waals surface area contributed by atoms with Gasteiger partial charge in [0.2, 0.25) is 5.91 Å². The molecule has 1 aliphatic rings. The maximum Gasteiger partial charge on any atom is 0.221 e. The third-order valence-electron chi connectivity index (χ3n) is 5.05. The first-order chi connectivity index (χ1) is 12.6. The predicted molar refractivity (Wildman–Crippen MR) is 111 cm³/mol. The molecule has 1 saturated heterocycles. The number of aryl methyl sites for hydroxylation is 1. The summed E-state index contributed by atoms with van der Waals surface area (Å²) in [6, 6.07) is 18.0. The number of carbonyl (C=O) groups excluding carboxylic acids is 1. The molecule has 3 N–H and O–H groups in total. The number of ether oxygens (including phenoxy) is 1. The van der Waals surface area contributed by atoms with Crippen molar-refractivity contribution in [2.75, 3.05) is 13.2 Å². The van der Waals surface area contributed by atoms with Crippen LogP contribution in [0.4, 0.5) is 0 Å². The number of carbonyl (C=O) groups is 1. The Kier molecular flexibility index (Phi) is 8.29. The molecule has 0 spiro atoms. The largest absolute Gasteiger partial charge is 0.373 e. The van der Waals surface area contributed by atoms with Crippen molar-refractivity contribution in [2.45, 2.75) is 38.3 Å². The fraction of sp³-hybridized carbons (Fsp3) is 0.409. The van der Waals surface area contributed by atoms with Crippen LogP contribution in [0.2, 0.25) is 0 Å². The molecule has 5 heteroatoms. The summed E-state index contributed by atoms with van der Waals surface area (Å²) in [5, 5.41) is 3.07. The highest BCUT2D eigenvalue weighted by molar-refractivity contribution is 5.85. The Balaban J connectivity index is 0.00000261. The van der Waals surface area contributed by atoms with Gasteiger partial charge in [0.15, 0.2) is 0 Å². The van der Waals surface area contributed by atoms with Crippen LogP contribution in [-0.4, -0.2) is 19.1 Å². The number of halogens is 1. The maximum atomic E-state index is 12.3. The number of hydrogen-bond donors (Lipinski definition) is 2. The van der Waals surface area contributed by atoms with E-state index in [4.69, 9.17) is 10.5 Å². The van der Waals surface area contributed by atoms with E-state index in [1.807, 2.05) is 30.3 Å². The van der Waals surface area contributed by atoms with Gasteiger partial charge in [-0.3, -0.25) is 4.79 Å². The Labute approximate surface area is 167 Å². The molecular formula is C22H29ClN2O2. The molecule has 2 aromatic rings. The zero-order valence-corrected chi connectivity index (χ0v) is 16.6. The third-order valence-corrected chi connectivity index (χ3v) is 5.05. The molecule has 3 unspecified atom stereocenters. The first kappa shape index (κ1) is 21.4. The van der Waals surface area contributed by atoms with Gasteiger partial charge in [-0.1, -0.05) is 60.2 Å². The van der Waals surface area contributed by atoms with Crippen LogP contribution < -0.4 is 11.1 Å². The highest BCUT2D eigenvalue weighted by Crippen LogP contribution is 2.33. The molecule has 0 saturated carbocycles. The Morgan fingerprint density at radius 1 is 1.19 bits per heavy atom. The van der Waals surface area contributed by atoms with Gasteiger partial charge in [0.25, 0.3) is 0 Å². The van der Waals surface area contributed by atoms with Crippen molar-refractivity contribution in [3.8, 4) is 0 Å². The summed E-state index contributed by atoms with van der Waals surface area (Å²) in [6.07, 6.45) is 2.44. The summed E-state index contributed by atoms with van der Waals surface area (Å²) < 4.78 is 6.02. The van der Waals surface area contributed by atoms with E-state index in [9.17, 15) is 4.79 Å². The smallest absolute Gasteiger partial charge is 0.221 e. The van der Waals surface area contributed by atoms with Crippen molar-refractivity contribution >= 4 is 18.3 Å². The summed E-state index contributed by atoms with van der Waals surface area (Å²) in [4.78, 5) is 12.3. The lowest BCUT2D eigenvalue weighted by molar-refractivity contribution is -0.122. The van der Waals surface area contributed by atoms with E-state index in [0.717, 1.165) is 25.0 Å². The molecule has 0 aromatic heterocycles. The van der Waals surface area contributed by atoms with E-state index in [1.54, 1.807) is 0 Å². The highest BCUT2D eigenvalue weighted by atomic mass is 35.5. The average molecular weight is 389 g/mol. The molecule has 146 valence electrons. The lowest BCUT2D eigenvalue weighted by Gasteiger charge is -2.32. The van der Waals surface area contributed by atoms with Gasteiger partial charge in [-0.2, -0.15) is 0 Å². The molecule has 3 atom stereocenters. The zero-order chi connectivity index (χ0) is 18.4. The van der Waals surface area contributed by atoms with Crippen molar-refractivity contribution in [1.29, 1.82) is 0 Å². The second-order valence-corrected chi connectivity index (χ2v) is 7.13. The third kappa shape index (κ3) is 6.06. The molecule has 3 rings (SSSR count). The summed E-state index contributed by atoms with van der Waals surface area (Å²) in [5.74, 6) is 0.290. The molecule has 2 aromatic carbocycles. The van der Waals surface area contributed by atoms with Gasteiger partial charge in [0.1, 0.15) is 0 Å². The van der Waals surface area contributed by atoms with E-state index in [2.05, 4.69) is 36.5 Å². The first-order valence-electron chi connectivity index (χ1n) is 9.39. The monoisotopic (exact) mass is 388 g/mol. The molecule has 0 radical (unpaired) electrons. The number of amides is 1. The fourth-order valence-corrected chi connectivity index (χ4v) is 3.51. The fourth-order valence-electron chi connectivity index (χ4n) is 3.51. The molecule has 1 amide bonds. The van der Waals surface area contributed by atoms with Crippen molar-refractivity contribution in [3.05, 3.63) is 71.3 Å². The Hall–Kier alpha value is -1.88. The van der Waals surface area contributed by atoms with E-state index >= 15 is 0 Å². The molecule has 27 heavy (non-hydrogen) atoms. The van der Waals surface area contributed by atoms with Gasteiger partial charge in [0.05, 0.1) is 6.10 Å². The van der Waals surface area contributed by atoms with Crippen LogP contribution in [-0.2, 0) is 9.53 Å². The lowest BCUT2D eigenvalue weighted by Crippen LogP contribution is -2.36. The number of nitrogens with one attached hydrogen (secondary N) is 1. The van der Waals surface area contributed by atoms with E-state index in [1.165, 1.54) is 11.1 Å². The Bertz CT molecular complexity index is 706. The number of nitrogens with two attached hydrogens (primary N) is 1. The van der Waals surface area contributed by atoms with Gasteiger partial charge in [-0.05, 0) is 30.9 Å². The first-order valence-corrected chi connectivity index (χ1v) is 9.39. The predicted octanol–water partition coefficient (Wildman–Crippen LogP) is 4.09. The number of benzene rings is 2. The van der Waals surface area contributed by atoms with Gasteiger partial charge < -0.3 is 15.8 Å². The van der Waals surface area contributed by atoms with Gasteiger partial charge in [0, 0.05) is 31.5 Å². The molecular weight excluding hydrogens is 360 g/mol. The molecule has 1 heterocycles. The van der Waals surface area contributed by atoms with E-state index in [0.29, 0.717) is 18.9 Å². The average Bonchev–Trinajstić information content (AvgIpc) is 2.68. The lowest BCUT2D eigenvalue weighted by atomic mass is 9.89. The second-order valence-electron chi connectivity index (χ2n) is 7.13. The van der Waals surface area contributed by atoms with E-state index in [-0.39, 0.29) is 30.5 Å². The van der Waals surface area contributed by atoms with Gasteiger partial charge in [-0.15, -0.1) is 12.4 Å². The van der Waals surface area contributed by atoms with Crippen LogP contribution >= 0.6 is 12.4 Å². The van der Waals surface area contributed by atoms with Crippen molar-refractivity contribution in [2.24, 2.45) is 11.7 Å². The standard InChI is InChI=1S/C22H28N2O2.ClH/c1-16-9-11-18(12-10-16)22-19(8-5-13-26-22)15-24-21(25)14-20(23)17-6-3-2-4-7-17;/h2-4,6-7,9-12,19-20,22H,5,8,13-15,23H2,1H3,(H,24,25);1H. The highest BCUT2D eigenvalue weighted by Gasteiger charge is 2.27. The summed E-state index contributed by atoms with van der Waals surface area (Å²) in [7, 11) is 0. The van der Waals surface area contributed by atoms with Crippen molar-refractivity contribution in [3.63, 3.8) is 0 Å². The van der Waals surface area contributed by atoms with E-state index < -0.39 is 0 Å². The van der Waals surface area contributed by atoms with Crippen LogP contribution in [0.3, 0.4) is 0 Å². The SMILES string of the molecule is Cc1ccc(C2OCCCC2CNC(=O)CC(N)c2ccccc2)cc1.Cl. The Morgan fingerprint density at radius 2 is 1.89 bits per heavy atom. The maximum absolute atomic E-state index is 12.3. The quantitative estimate of drug-likeness (QED) is 0.783. The molecule has 1 aliphatic heterocycles. The minimum atomic E-state index is -0.272. The molecule has 4 nitrogen and oxygen atoms in total. The molecule has 0 bridgehead atoms. The van der Waals surface area contributed by atoms with Crippen LogP contribution in [0.15, 0.2) is 54.6 Å². The molecule has 0 aliphatic carbocycles. The van der Waals surface area contributed by atoms with Crippen LogP contribution in [0.1, 0.15) is 48.1 Å². The van der Waals surface area contributed by atoms with Gasteiger partial charge in [-0.25, -0.2) is 0 Å². The van der Waals surface area contributed by atoms with Crippen molar-refractivity contribution in [1.82, 2.24) is 5.32 Å². The zero-order valence-electron chi connectivity index (χ0n) is 15.8. The summed E-state index contributed by atoms with van der Waals surface area (Å²) >= 11 is 0. The van der Waals surface area contributed by atoms with Crippen LogP contribution in [0.25, 0.3) is 0 Å². The second kappa shape index (κ2) is 10.5. The molecule has 1 fully saturated rings. The number of hydrogen-bond acceptors (Lipinski definition) is 3. The normalized spacial score (nSPS) is 20.4. The minimum absolute atomic E-state index is 0. The summed E-state index contributed by atoms with van der Waals surface area (Å²) in [5.41, 5.74) is 9.57. The topological polar surface area (TPSA) is 64.3 Å². The summed E-state index contributed by atoms with van der Waals surface area (Å²) in [6.45, 7) is 3.49. The number of rotatable bonds is 6. The van der Waals surface area contributed by atoms with Crippen LogP contribution in [0.5, 0.6) is 0 Å². The minimum Gasteiger partial charge on any atom is -0.373 e. The Morgan fingerprint density at radius 3 is 2.59 bits per heavy atom. The van der Waals surface area contributed by atoms with Crippen molar-refractivity contribution < 1.29 is 9.53 Å². The van der Waals surface area contributed by atoms with Gasteiger partial charge >= 0.3 is 0 Å².